The van der Waals surface area contributed by atoms with Crippen LogP contribution in [-0.4, -0.2) is 42.1 Å². The Morgan fingerprint density at radius 3 is 2.75 bits per heavy atom. The number of aromatic nitrogens is 1. The van der Waals surface area contributed by atoms with Crippen molar-refractivity contribution in [3.8, 4) is 0 Å². The Balaban J connectivity index is 1.48. The van der Waals surface area contributed by atoms with Gasteiger partial charge in [0.1, 0.15) is 0 Å². The summed E-state index contributed by atoms with van der Waals surface area (Å²) in [6, 6.07) is 1.68. The van der Waals surface area contributed by atoms with Crippen LogP contribution in [0.1, 0.15) is 48.4 Å². The molecular weight excluding hydrogens is 254 g/mol. The highest BCUT2D eigenvalue weighted by Crippen LogP contribution is 2.46. The molecule has 0 atom stereocenters. The molecular formula is C15H23N3O2. The molecule has 0 aromatic carbocycles. The first kappa shape index (κ1) is 13.6. The molecule has 1 saturated heterocycles. The minimum atomic E-state index is -0.143. The van der Waals surface area contributed by atoms with E-state index >= 15 is 0 Å². The summed E-state index contributed by atoms with van der Waals surface area (Å²) in [6.45, 7) is 6.14. The van der Waals surface area contributed by atoms with Crippen molar-refractivity contribution in [3.05, 3.63) is 17.5 Å². The molecule has 2 aliphatic rings. The van der Waals surface area contributed by atoms with Crippen LogP contribution >= 0.6 is 0 Å². The molecule has 5 heteroatoms. The topological polar surface area (TPSA) is 58.4 Å². The first-order valence-corrected chi connectivity index (χ1v) is 7.61. The molecule has 0 bridgehead atoms. The molecule has 3 rings (SSSR count). The zero-order valence-electron chi connectivity index (χ0n) is 12.2. The van der Waals surface area contributed by atoms with Crippen LogP contribution in [0.3, 0.4) is 0 Å². The number of carbonyl (C=O) groups excluding carboxylic acids is 1. The summed E-state index contributed by atoms with van der Waals surface area (Å²) in [7, 11) is 0. The van der Waals surface area contributed by atoms with E-state index in [-0.39, 0.29) is 5.91 Å². The number of nitrogens with one attached hydrogen (secondary N) is 1. The Kier molecular flexibility index (Phi) is 3.78. The number of carbonyl (C=O) groups is 1. The SMILES string of the molecule is Cc1cc(C(=O)NCC2(CN3CCCCC3)CC2)on1. The lowest BCUT2D eigenvalue weighted by molar-refractivity contribution is 0.0899. The second-order valence-electron chi connectivity index (χ2n) is 6.35. The molecule has 0 radical (unpaired) electrons. The molecule has 0 unspecified atom stereocenters. The lowest BCUT2D eigenvalue weighted by Crippen LogP contribution is -2.40. The average Bonchev–Trinajstić information content (AvgIpc) is 3.08. The number of nitrogens with zero attached hydrogens (tertiary/aromatic N) is 2. The van der Waals surface area contributed by atoms with Gasteiger partial charge in [0.15, 0.2) is 0 Å². The van der Waals surface area contributed by atoms with Gasteiger partial charge >= 0.3 is 0 Å². The highest BCUT2D eigenvalue weighted by molar-refractivity contribution is 5.91. The van der Waals surface area contributed by atoms with Gasteiger partial charge in [-0.05, 0) is 45.7 Å². The van der Waals surface area contributed by atoms with Gasteiger partial charge in [-0.3, -0.25) is 4.79 Å². The predicted octanol–water partition coefficient (Wildman–Crippen LogP) is 1.98. The van der Waals surface area contributed by atoms with E-state index in [9.17, 15) is 4.79 Å². The van der Waals surface area contributed by atoms with Crippen molar-refractivity contribution in [1.82, 2.24) is 15.4 Å². The number of hydrogen-bond donors (Lipinski definition) is 1. The van der Waals surface area contributed by atoms with Crippen LogP contribution in [-0.2, 0) is 0 Å². The van der Waals surface area contributed by atoms with E-state index in [1.165, 1.54) is 45.2 Å². The maximum absolute atomic E-state index is 12.0. The van der Waals surface area contributed by atoms with Crippen LogP contribution in [0.25, 0.3) is 0 Å². The fourth-order valence-corrected chi connectivity index (χ4v) is 2.98. The minimum Gasteiger partial charge on any atom is -0.351 e. The molecule has 1 aromatic rings. The van der Waals surface area contributed by atoms with Crippen molar-refractivity contribution in [2.24, 2.45) is 5.41 Å². The Morgan fingerprint density at radius 1 is 1.40 bits per heavy atom. The van der Waals surface area contributed by atoms with Gasteiger partial charge in [0.05, 0.1) is 5.69 Å². The summed E-state index contributed by atoms with van der Waals surface area (Å²) in [5.74, 6) is 0.173. The summed E-state index contributed by atoms with van der Waals surface area (Å²) < 4.78 is 4.99. The molecule has 1 aromatic heterocycles. The average molecular weight is 277 g/mol. The van der Waals surface area contributed by atoms with Gasteiger partial charge < -0.3 is 14.7 Å². The zero-order chi connectivity index (χ0) is 14.0. The summed E-state index contributed by atoms with van der Waals surface area (Å²) >= 11 is 0. The Labute approximate surface area is 119 Å². The van der Waals surface area contributed by atoms with E-state index in [1.54, 1.807) is 6.07 Å². The normalized spacial score (nSPS) is 21.6. The van der Waals surface area contributed by atoms with Crippen LogP contribution in [0.5, 0.6) is 0 Å². The molecule has 20 heavy (non-hydrogen) atoms. The number of hydrogen-bond acceptors (Lipinski definition) is 4. The lowest BCUT2D eigenvalue weighted by atomic mass is 10.0. The highest BCUT2D eigenvalue weighted by Gasteiger charge is 2.44. The summed E-state index contributed by atoms with van der Waals surface area (Å²) in [5.41, 5.74) is 1.05. The number of likely N-dealkylation sites (tertiary alicyclic amines) is 1. The first-order valence-electron chi connectivity index (χ1n) is 7.61. The maximum atomic E-state index is 12.0. The van der Waals surface area contributed by atoms with Gasteiger partial charge in [0.25, 0.3) is 5.91 Å². The second-order valence-corrected chi connectivity index (χ2v) is 6.35. The molecule has 1 aliphatic carbocycles. The molecule has 0 spiro atoms. The predicted molar refractivity (Wildman–Crippen MR) is 75.5 cm³/mol. The van der Waals surface area contributed by atoms with Crippen molar-refractivity contribution in [2.75, 3.05) is 26.2 Å². The van der Waals surface area contributed by atoms with Crippen LogP contribution in [0.2, 0.25) is 0 Å². The lowest BCUT2D eigenvalue weighted by Gasteiger charge is -2.30. The van der Waals surface area contributed by atoms with E-state index < -0.39 is 0 Å². The molecule has 5 nitrogen and oxygen atoms in total. The fourth-order valence-electron chi connectivity index (χ4n) is 2.98. The number of piperidine rings is 1. The van der Waals surface area contributed by atoms with Crippen molar-refractivity contribution >= 4 is 5.91 Å². The molecule has 1 aliphatic heterocycles. The summed E-state index contributed by atoms with van der Waals surface area (Å²) in [5, 5.41) is 6.75. The fraction of sp³-hybridized carbons (Fsp3) is 0.733. The zero-order valence-corrected chi connectivity index (χ0v) is 12.2. The van der Waals surface area contributed by atoms with Gasteiger partial charge in [-0.25, -0.2) is 0 Å². The largest absolute Gasteiger partial charge is 0.351 e. The third-order valence-electron chi connectivity index (χ3n) is 4.44. The standard InChI is InChI=1S/C15H23N3O2/c1-12-9-13(20-17-12)14(19)16-10-15(5-6-15)11-18-7-3-2-4-8-18/h9H,2-8,10-11H2,1H3,(H,16,19). The quantitative estimate of drug-likeness (QED) is 0.894. The van der Waals surface area contributed by atoms with E-state index in [4.69, 9.17) is 4.52 Å². The third kappa shape index (κ3) is 3.20. The van der Waals surface area contributed by atoms with E-state index in [0.29, 0.717) is 11.2 Å². The monoisotopic (exact) mass is 277 g/mol. The van der Waals surface area contributed by atoms with Crippen molar-refractivity contribution in [2.45, 2.75) is 39.0 Å². The molecule has 110 valence electrons. The van der Waals surface area contributed by atoms with Crippen molar-refractivity contribution in [3.63, 3.8) is 0 Å². The smallest absolute Gasteiger partial charge is 0.289 e. The number of rotatable bonds is 5. The van der Waals surface area contributed by atoms with Gasteiger partial charge in [-0.15, -0.1) is 0 Å². The summed E-state index contributed by atoms with van der Waals surface area (Å²) in [6.07, 6.45) is 6.45. The maximum Gasteiger partial charge on any atom is 0.289 e. The van der Waals surface area contributed by atoms with Crippen LogP contribution in [0.15, 0.2) is 10.6 Å². The number of amides is 1. The van der Waals surface area contributed by atoms with E-state index in [1.807, 2.05) is 6.92 Å². The number of aryl methyl sites for hydroxylation is 1. The molecule has 1 N–H and O–H groups in total. The van der Waals surface area contributed by atoms with Gasteiger partial charge in [-0.1, -0.05) is 11.6 Å². The molecule has 2 heterocycles. The second kappa shape index (κ2) is 5.56. The Bertz CT molecular complexity index is 473. The van der Waals surface area contributed by atoms with E-state index in [2.05, 4.69) is 15.4 Å². The van der Waals surface area contributed by atoms with Crippen LogP contribution < -0.4 is 5.32 Å². The first-order chi connectivity index (χ1) is 9.67. The van der Waals surface area contributed by atoms with Crippen molar-refractivity contribution in [1.29, 1.82) is 0 Å². The van der Waals surface area contributed by atoms with E-state index in [0.717, 1.165) is 18.8 Å². The van der Waals surface area contributed by atoms with Crippen LogP contribution in [0.4, 0.5) is 0 Å². The van der Waals surface area contributed by atoms with Crippen molar-refractivity contribution < 1.29 is 9.32 Å². The molecule has 1 amide bonds. The van der Waals surface area contributed by atoms with Gasteiger partial charge in [0.2, 0.25) is 5.76 Å². The third-order valence-corrected chi connectivity index (χ3v) is 4.44. The molecule has 2 fully saturated rings. The Morgan fingerprint density at radius 2 is 2.15 bits per heavy atom. The Hall–Kier alpha value is -1.36. The van der Waals surface area contributed by atoms with Gasteiger partial charge in [0, 0.05) is 24.6 Å². The van der Waals surface area contributed by atoms with Gasteiger partial charge in [-0.2, -0.15) is 0 Å². The highest BCUT2D eigenvalue weighted by atomic mass is 16.5. The minimum absolute atomic E-state index is 0.143. The summed E-state index contributed by atoms with van der Waals surface area (Å²) in [4.78, 5) is 14.5. The molecule has 1 saturated carbocycles. The van der Waals surface area contributed by atoms with Crippen LogP contribution in [0, 0.1) is 12.3 Å².